The van der Waals surface area contributed by atoms with Crippen molar-refractivity contribution in [2.24, 2.45) is 5.73 Å². The lowest BCUT2D eigenvalue weighted by Crippen LogP contribution is -2.34. The molecule has 0 amide bonds. The molecule has 6 heteroatoms. The number of aromatic nitrogens is 2. The zero-order chi connectivity index (χ0) is 16.4. The first-order chi connectivity index (χ1) is 11.7. The number of nitrogens with zero attached hydrogens (tertiary/aromatic N) is 3. The lowest BCUT2D eigenvalue weighted by molar-refractivity contribution is 0.294. The highest BCUT2D eigenvalue weighted by atomic mass is 32.2. The fraction of sp³-hybridized carbons (Fsp3) is 0.556. The van der Waals surface area contributed by atoms with E-state index in [1.165, 1.54) is 30.2 Å². The van der Waals surface area contributed by atoms with Gasteiger partial charge < -0.3 is 10.3 Å². The second-order valence-electron chi connectivity index (χ2n) is 6.87. The van der Waals surface area contributed by atoms with Crippen LogP contribution in [0.3, 0.4) is 0 Å². The predicted molar refractivity (Wildman–Crippen MR) is 96.7 cm³/mol. The summed E-state index contributed by atoms with van der Waals surface area (Å²) < 4.78 is 5.46. The van der Waals surface area contributed by atoms with Crippen molar-refractivity contribution in [2.45, 2.75) is 37.8 Å². The SMILES string of the molecule is NC1(c2noc(-c3ccc(CN4CCSCC4)cc3)n2)CCCC1. The molecule has 0 unspecified atom stereocenters. The van der Waals surface area contributed by atoms with Crippen LogP contribution in [0.5, 0.6) is 0 Å². The maximum atomic E-state index is 6.41. The number of thioether (sulfide) groups is 1. The molecule has 2 heterocycles. The monoisotopic (exact) mass is 344 g/mol. The topological polar surface area (TPSA) is 68.2 Å². The Labute approximate surface area is 147 Å². The molecule has 1 aromatic carbocycles. The maximum absolute atomic E-state index is 6.41. The van der Waals surface area contributed by atoms with Crippen molar-refractivity contribution >= 4 is 11.8 Å². The summed E-state index contributed by atoms with van der Waals surface area (Å²) in [5.41, 5.74) is 8.31. The molecule has 1 aliphatic carbocycles. The summed E-state index contributed by atoms with van der Waals surface area (Å²) in [6.07, 6.45) is 4.17. The van der Waals surface area contributed by atoms with Gasteiger partial charge in [0, 0.05) is 36.7 Å². The number of rotatable bonds is 4. The molecule has 1 aromatic heterocycles. The van der Waals surface area contributed by atoms with Crippen molar-refractivity contribution in [3.8, 4) is 11.5 Å². The summed E-state index contributed by atoms with van der Waals surface area (Å²) in [7, 11) is 0. The molecule has 0 spiro atoms. The standard InChI is InChI=1S/C18H24N4OS/c19-18(7-1-2-8-18)17-20-16(23-21-17)15-5-3-14(4-6-15)13-22-9-11-24-12-10-22/h3-6H,1-2,7-13,19H2. The van der Waals surface area contributed by atoms with Crippen LogP contribution in [0.4, 0.5) is 0 Å². The molecule has 5 nitrogen and oxygen atoms in total. The Bertz CT molecular complexity index is 673. The molecule has 24 heavy (non-hydrogen) atoms. The van der Waals surface area contributed by atoms with Crippen molar-refractivity contribution < 1.29 is 4.52 Å². The second kappa shape index (κ2) is 6.86. The van der Waals surface area contributed by atoms with Gasteiger partial charge in [0.15, 0.2) is 5.82 Å². The van der Waals surface area contributed by atoms with Gasteiger partial charge in [-0.2, -0.15) is 16.7 Å². The Kier molecular flexibility index (Phi) is 4.61. The average Bonchev–Trinajstić information content (AvgIpc) is 3.27. The van der Waals surface area contributed by atoms with Crippen molar-refractivity contribution in [2.75, 3.05) is 24.6 Å². The van der Waals surface area contributed by atoms with E-state index in [9.17, 15) is 0 Å². The van der Waals surface area contributed by atoms with E-state index in [0.29, 0.717) is 11.7 Å². The molecule has 0 radical (unpaired) electrons. The van der Waals surface area contributed by atoms with Gasteiger partial charge in [0.2, 0.25) is 0 Å². The largest absolute Gasteiger partial charge is 0.334 e. The van der Waals surface area contributed by atoms with Crippen LogP contribution in [-0.2, 0) is 12.1 Å². The lowest BCUT2D eigenvalue weighted by atomic mass is 9.98. The van der Waals surface area contributed by atoms with Gasteiger partial charge >= 0.3 is 0 Å². The fourth-order valence-electron chi connectivity index (χ4n) is 3.54. The van der Waals surface area contributed by atoms with E-state index >= 15 is 0 Å². The van der Waals surface area contributed by atoms with Gasteiger partial charge in [-0.1, -0.05) is 30.1 Å². The van der Waals surface area contributed by atoms with Gasteiger partial charge in [0.05, 0.1) is 5.54 Å². The third-order valence-electron chi connectivity index (χ3n) is 5.08. The van der Waals surface area contributed by atoms with E-state index in [2.05, 4.69) is 39.3 Å². The highest BCUT2D eigenvalue weighted by Crippen LogP contribution is 2.35. The lowest BCUT2D eigenvalue weighted by Gasteiger charge is -2.26. The number of hydrogen-bond donors (Lipinski definition) is 1. The van der Waals surface area contributed by atoms with Gasteiger partial charge in [-0.25, -0.2) is 0 Å². The van der Waals surface area contributed by atoms with E-state index in [4.69, 9.17) is 10.3 Å². The molecule has 2 aromatic rings. The first-order valence-corrected chi connectivity index (χ1v) is 9.91. The van der Waals surface area contributed by atoms with E-state index in [-0.39, 0.29) is 0 Å². The van der Waals surface area contributed by atoms with E-state index in [1.807, 2.05) is 11.8 Å². The molecule has 1 saturated heterocycles. The molecule has 1 aliphatic heterocycles. The summed E-state index contributed by atoms with van der Waals surface area (Å²) >= 11 is 2.04. The van der Waals surface area contributed by atoms with Crippen molar-refractivity contribution in [1.29, 1.82) is 0 Å². The van der Waals surface area contributed by atoms with E-state index in [0.717, 1.165) is 37.8 Å². The van der Waals surface area contributed by atoms with Crippen LogP contribution in [0, 0.1) is 0 Å². The summed E-state index contributed by atoms with van der Waals surface area (Å²) in [5, 5.41) is 4.14. The van der Waals surface area contributed by atoms with Gasteiger partial charge in [0.1, 0.15) is 0 Å². The molecule has 4 rings (SSSR count). The zero-order valence-electron chi connectivity index (χ0n) is 13.9. The highest BCUT2D eigenvalue weighted by Gasteiger charge is 2.36. The summed E-state index contributed by atoms with van der Waals surface area (Å²) in [6, 6.07) is 8.47. The first kappa shape index (κ1) is 16.1. The molecule has 1 saturated carbocycles. The van der Waals surface area contributed by atoms with Crippen LogP contribution < -0.4 is 5.73 Å². The van der Waals surface area contributed by atoms with Gasteiger partial charge in [0.25, 0.3) is 5.89 Å². The smallest absolute Gasteiger partial charge is 0.257 e. The van der Waals surface area contributed by atoms with Crippen LogP contribution in [0.2, 0.25) is 0 Å². The normalized spacial score (nSPS) is 21.2. The molecule has 0 atom stereocenters. The highest BCUT2D eigenvalue weighted by molar-refractivity contribution is 7.99. The number of benzene rings is 1. The van der Waals surface area contributed by atoms with Crippen LogP contribution in [-0.4, -0.2) is 39.6 Å². The molecule has 2 fully saturated rings. The summed E-state index contributed by atoms with van der Waals surface area (Å²) in [6.45, 7) is 3.37. The third-order valence-corrected chi connectivity index (χ3v) is 6.02. The number of hydrogen-bond acceptors (Lipinski definition) is 6. The Morgan fingerprint density at radius 2 is 1.83 bits per heavy atom. The van der Waals surface area contributed by atoms with Crippen LogP contribution in [0.1, 0.15) is 37.1 Å². The molecule has 2 N–H and O–H groups in total. The summed E-state index contributed by atoms with van der Waals surface area (Å²) in [5.74, 6) is 3.71. The molecule has 0 bridgehead atoms. The third kappa shape index (κ3) is 3.36. The molecular formula is C18H24N4OS. The minimum atomic E-state index is -0.395. The minimum Gasteiger partial charge on any atom is -0.334 e. The second-order valence-corrected chi connectivity index (χ2v) is 8.10. The van der Waals surface area contributed by atoms with E-state index < -0.39 is 5.54 Å². The van der Waals surface area contributed by atoms with Gasteiger partial charge in [-0.05, 0) is 30.5 Å². The first-order valence-electron chi connectivity index (χ1n) is 8.75. The van der Waals surface area contributed by atoms with Crippen molar-refractivity contribution in [3.63, 3.8) is 0 Å². The van der Waals surface area contributed by atoms with Gasteiger partial charge in [-0.15, -0.1) is 0 Å². The fourth-order valence-corrected chi connectivity index (χ4v) is 4.52. The van der Waals surface area contributed by atoms with Crippen molar-refractivity contribution in [1.82, 2.24) is 15.0 Å². The Morgan fingerprint density at radius 3 is 2.54 bits per heavy atom. The Balaban J connectivity index is 1.46. The zero-order valence-corrected chi connectivity index (χ0v) is 14.7. The summed E-state index contributed by atoms with van der Waals surface area (Å²) in [4.78, 5) is 7.07. The van der Waals surface area contributed by atoms with Crippen LogP contribution in [0.25, 0.3) is 11.5 Å². The number of nitrogens with two attached hydrogens (primary N) is 1. The van der Waals surface area contributed by atoms with Crippen LogP contribution in [0.15, 0.2) is 28.8 Å². The Morgan fingerprint density at radius 1 is 1.12 bits per heavy atom. The minimum absolute atomic E-state index is 0.395. The van der Waals surface area contributed by atoms with Gasteiger partial charge in [-0.3, -0.25) is 4.90 Å². The molecule has 128 valence electrons. The quantitative estimate of drug-likeness (QED) is 0.919. The van der Waals surface area contributed by atoms with E-state index in [1.54, 1.807) is 0 Å². The average molecular weight is 344 g/mol. The maximum Gasteiger partial charge on any atom is 0.257 e. The predicted octanol–water partition coefficient (Wildman–Crippen LogP) is 3.01. The Hall–Kier alpha value is -1.37. The van der Waals surface area contributed by atoms with Crippen molar-refractivity contribution in [3.05, 3.63) is 35.7 Å². The molecular weight excluding hydrogens is 320 g/mol. The van der Waals surface area contributed by atoms with Crippen LogP contribution >= 0.6 is 11.8 Å². The molecule has 2 aliphatic rings.